The molecule has 0 spiro atoms. The maximum absolute atomic E-state index is 12.7. The molecule has 1 aliphatic heterocycles. The molecule has 1 fully saturated rings. The number of piperidine rings is 1. The van der Waals surface area contributed by atoms with E-state index in [-0.39, 0.29) is 12.1 Å². The Labute approximate surface area is 169 Å². The first kappa shape index (κ1) is 18.9. The van der Waals surface area contributed by atoms with Crippen molar-refractivity contribution in [2.75, 3.05) is 25.0 Å². The molecule has 1 unspecified atom stereocenters. The summed E-state index contributed by atoms with van der Waals surface area (Å²) in [5.41, 5.74) is 0.982. The van der Waals surface area contributed by atoms with Crippen molar-refractivity contribution in [3.63, 3.8) is 0 Å². The van der Waals surface area contributed by atoms with Crippen molar-refractivity contribution in [2.45, 2.75) is 25.4 Å². The monoisotopic (exact) mass is 392 g/mol. The van der Waals surface area contributed by atoms with E-state index in [0.29, 0.717) is 6.54 Å². The fraction of sp³-hybridized carbons (Fsp3) is 0.350. The summed E-state index contributed by atoms with van der Waals surface area (Å²) in [5.74, 6) is 1.63. The smallest absolute Gasteiger partial charge is 0.317 e. The maximum atomic E-state index is 12.7. The van der Waals surface area contributed by atoms with Crippen LogP contribution in [0, 0.1) is 0 Å². The van der Waals surface area contributed by atoms with Gasteiger partial charge in [-0.1, -0.05) is 0 Å². The molecule has 1 N–H and O–H groups in total. The summed E-state index contributed by atoms with van der Waals surface area (Å²) >= 11 is 0. The summed E-state index contributed by atoms with van der Waals surface area (Å²) in [4.78, 5) is 25.1. The van der Waals surface area contributed by atoms with Gasteiger partial charge < -0.3 is 15.1 Å². The second-order valence-electron chi connectivity index (χ2n) is 7.09. The number of aromatic nitrogens is 5. The van der Waals surface area contributed by atoms with Crippen LogP contribution in [-0.4, -0.2) is 61.8 Å². The van der Waals surface area contributed by atoms with Crippen LogP contribution in [-0.2, 0) is 6.54 Å². The van der Waals surface area contributed by atoms with Crippen molar-refractivity contribution in [3.8, 4) is 5.82 Å². The van der Waals surface area contributed by atoms with E-state index in [1.165, 1.54) is 0 Å². The molecule has 4 heterocycles. The third kappa shape index (κ3) is 4.50. The Hall–Kier alpha value is -3.49. The number of hydrogen-bond acceptors (Lipinski definition) is 6. The number of pyridine rings is 1. The van der Waals surface area contributed by atoms with Gasteiger partial charge in [-0.3, -0.25) is 4.57 Å². The number of amides is 2. The highest BCUT2D eigenvalue weighted by molar-refractivity contribution is 5.74. The van der Waals surface area contributed by atoms with Gasteiger partial charge in [0.15, 0.2) is 5.82 Å². The fourth-order valence-corrected chi connectivity index (χ4v) is 3.52. The van der Waals surface area contributed by atoms with E-state index >= 15 is 0 Å². The van der Waals surface area contributed by atoms with E-state index in [2.05, 4.69) is 30.4 Å². The maximum Gasteiger partial charge on any atom is 0.317 e. The molecule has 0 aromatic carbocycles. The van der Waals surface area contributed by atoms with Crippen LogP contribution in [0.15, 0.2) is 55.4 Å². The second kappa shape index (κ2) is 8.68. The number of nitrogens with one attached hydrogen (secondary N) is 1. The molecule has 1 atom stereocenters. The van der Waals surface area contributed by atoms with Gasteiger partial charge in [-0.25, -0.2) is 14.8 Å². The summed E-state index contributed by atoms with van der Waals surface area (Å²) in [6.45, 7) is 2.12. The van der Waals surface area contributed by atoms with Gasteiger partial charge in [0.05, 0.1) is 6.04 Å². The van der Waals surface area contributed by atoms with Crippen molar-refractivity contribution in [1.29, 1.82) is 0 Å². The quantitative estimate of drug-likeness (QED) is 0.713. The zero-order valence-electron chi connectivity index (χ0n) is 16.3. The molecule has 0 aliphatic carbocycles. The lowest BCUT2D eigenvalue weighted by atomic mass is 10.0. The largest absolute Gasteiger partial charge is 0.353 e. The first-order valence-corrected chi connectivity index (χ1v) is 9.67. The van der Waals surface area contributed by atoms with Crippen LogP contribution < -0.4 is 10.2 Å². The number of urea groups is 1. The summed E-state index contributed by atoms with van der Waals surface area (Å²) < 4.78 is 1.83. The number of carbonyl (C=O) groups is 1. The molecule has 1 saturated heterocycles. The molecule has 0 saturated carbocycles. The Bertz CT molecular complexity index is 931. The van der Waals surface area contributed by atoms with Gasteiger partial charge in [0.25, 0.3) is 0 Å². The van der Waals surface area contributed by atoms with E-state index in [4.69, 9.17) is 0 Å². The van der Waals surface area contributed by atoms with Crippen LogP contribution in [0.2, 0.25) is 0 Å². The lowest BCUT2D eigenvalue weighted by Gasteiger charge is -2.37. The third-order valence-corrected chi connectivity index (χ3v) is 5.17. The van der Waals surface area contributed by atoms with Gasteiger partial charge in [-0.15, -0.1) is 5.10 Å². The summed E-state index contributed by atoms with van der Waals surface area (Å²) in [5, 5.41) is 11.2. The molecule has 1 aliphatic rings. The Balaban J connectivity index is 1.34. The first-order chi connectivity index (χ1) is 14.2. The van der Waals surface area contributed by atoms with Crippen LogP contribution >= 0.6 is 0 Å². The molecule has 0 radical (unpaired) electrons. The fourth-order valence-electron chi connectivity index (χ4n) is 3.52. The zero-order valence-corrected chi connectivity index (χ0v) is 16.3. The highest BCUT2D eigenvalue weighted by Gasteiger charge is 2.26. The number of nitrogens with zero attached hydrogens (tertiary/aromatic N) is 7. The van der Waals surface area contributed by atoms with Crippen LogP contribution in [0.1, 0.15) is 18.4 Å². The van der Waals surface area contributed by atoms with Gasteiger partial charge in [0.2, 0.25) is 0 Å². The van der Waals surface area contributed by atoms with Crippen LogP contribution in [0.3, 0.4) is 0 Å². The standard InChI is InChI=1S/C20H24N8O/c1-26(17-4-3-10-27(14-17)18-5-2-7-24-25-18)20(29)23-13-16-6-8-22-19(12-16)28-11-9-21-15-28/h2,5-9,11-12,15,17H,3-4,10,13-14H2,1H3,(H,23,29). The van der Waals surface area contributed by atoms with Crippen molar-refractivity contribution in [1.82, 2.24) is 34.9 Å². The number of carbonyl (C=O) groups excluding carboxylic acids is 1. The minimum absolute atomic E-state index is 0.0861. The van der Waals surface area contributed by atoms with Crippen molar-refractivity contribution >= 4 is 11.8 Å². The SMILES string of the molecule is CN(C(=O)NCc1ccnc(-n2ccnc2)c1)C1CCCN(c2cccnn2)C1. The van der Waals surface area contributed by atoms with Crippen molar-refractivity contribution in [3.05, 3.63) is 60.9 Å². The molecule has 0 bridgehead atoms. The molecule has 4 rings (SSSR count). The van der Waals surface area contributed by atoms with E-state index in [1.54, 1.807) is 29.8 Å². The predicted molar refractivity (Wildman–Crippen MR) is 109 cm³/mol. The lowest BCUT2D eigenvalue weighted by molar-refractivity contribution is 0.182. The Morgan fingerprint density at radius 3 is 3.00 bits per heavy atom. The Morgan fingerprint density at radius 2 is 2.21 bits per heavy atom. The third-order valence-electron chi connectivity index (χ3n) is 5.17. The summed E-state index contributed by atoms with van der Waals surface area (Å²) in [6, 6.07) is 7.73. The van der Waals surface area contributed by atoms with Gasteiger partial charge in [-0.2, -0.15) is 5.10 Å². The van der Waals surface area contributed by atoms with Crippen LogP contribution in [0.25, 0.3) is 5.82 Å². The molecule has 9 heteroatoms. The van der Waals surface area contributed by atoms with E-state index in [1.807, 2.05) is 42.1 Å². The summed E-state index contributed by atoms with van der Waals surface area (Å²) in [6.07, 6.45) is 10.6. The minimum atomic E-state index is -0.0861. The molecular formula is C20H24N8O. The predicted octanol–water partition coefficient (Wildman–Crippen LogP) is 1.87. The van der Waals surface area contributed by atoms with Gasteiger partial charge in [-0.05, 0) is 42.7 Å². The highest BCUT2D eigenvalue weighted by atomic mass is 16.2. The number of anilines is 1. The molecule has 9 nitrogen and oxygen atoms in total. The lowest BCUT2D eigenvalue weighted by Crippen LogP contribution is -2.51. The van der Waals surface area contributed by atoms with E-state index in [0.717, 1.165) is 43.1 Å². The molecule has 3 aromatic heterocycles. The molecule has 2 amide bonds. The molecule has 3 aromatic rings. The number of rotatable bonds is 5. The second-order valence-corrected chi connectivity index (χ2v) is 7.09. The highest BCUT2D eigenvalue weighted by Crippen LogP contribution is 2.19. The zero-order chi connectivity index (χ0) is 20.1. The average molecular weight is 392 g/mol. The van der Waals surface area contributed by atoms with Gasteiger partial charge in [0, 0.05) is 51.5 Å². The molecule has 29 heavy (non-hydrogen) atoms. The van der Waals surface area contributed by atoms with Crippen LogP contribution in [0.4, 0.5) is 10.6 Å². The number of imidazole rings is 1. The van der Waals surface area contributed by atoms with E-state index < -0.39 is 0 Å². The van der Waals surface area contributed by atoms with Gasteiger partial charge in [0.1, 0.15) is 12.1 Å². The minimum Gasteiger partial charge on any atom is -0.353 e. The van der Waals surface area contributed by atoms with Crippen molar-refractivity contribution in [2.24, 2.45) is 0 Å². The van der Waals surface area contributed by atoms with Gasteiger partial charge >= 0.3 is 6.03 Å². The van der Waals surface area contributed by atoms with Crippen molar-refractivity contribution < 1.29 is 4.79 Å². The molecular weight excluding hydrogens is 368 g/mol. The normalized spacial score (nSPS) is 16.4. The van der Waals surface area contributed by atoms with E-state index in [9.17, 15) is 4.79 Å². The van der Waals surface area contributed by atoms with Crippen LogP contribution in [0.5, 0.6) is 0 Å². The molecule has 150 valence electrons. The first-order valence-electron chi connectivity index (χ1n) is 9.67. The Morgan fingerprint density at radius 1 is 1.28 bits per heavy atom. The Kier molecular flexibility index (Phi) is 5.64. The topological polar surface area (TPSA) is 92.1 Å². The summed E-state index contributed by atoms with van der Waals surface area (Å²) in [7, 11) is 1.85. The number of likely N-dealkylation sites (N-methyl/N-ethyl adjacent to an activating group) is 1. The number of hydrogen-bond donors (Lipinski definition) is 1. The average Bonchev–Trinajstić information content (AvgIpc) is 3.33.